The van der Waals surface area contributed by atoms with Crippen LogP contribution < -0.4 is 15.2 Å². The van der Waals surface area contributed by atoms with Crippen molar-refractivity contribution in [3.8, 4) is 28.1 Å². The summed E-state index contributed by atoms with van der Waals surface area (Å²) in [6.45, 7) is 3.72. The average molecular weight is 440 g/mol. The lowest BCUT2D eigenvalue weighted by molar-refractivity contribution is 0.0566. The van der Waals surface area contributed by atoms with Crippen molar-refractivity contribution in [1.29, 1.82) is 0 Å². The van der Waals surface area contributed by atoms with Crippen molar-refractivity contribution in [3.05, 3.63) is 57.6 Å². The molecule has 0 bridgehead atoms. The topological polar surface area (TPSA) is 69.4 Å². The first kappa shape index (κ1) is 20.4. The van der Waals surface area contributed by atoms with Crippen molar-refractivity contribution < 1.29 is 18.3 Å². The van der Waals surface area contributed by atoms with Gasteiger partial charge >= 0.3 is 6.55 Å². The Morgan fingerprint density at radius 3 is 2.66 bits per heavy atom. The molecule has 0 saturated heterocycles. The molecule has 4 heterocycles. The summed E-state index contributed by atoms with van der Waals surface area (Å²) in [5, 5.41) is 5.84. The van der Waals surface area contributed by atoms with Crippen LogP contribution >= 0.6 is 0 Å². The van der Waals surface area contributed by atoms with Crippen LogP contribution in [-0.4, -0.2) is 32.9 Å². The van der Waals surface area contributed by atoms with E-state index in [2.05, 4.69) is 10.1 Å². The first-order valence-electron chi connectivity index (χ1n) is 10.5. The molecule has 32 heavy (non-hydrogen) atoms. The second kappa shape index (κ2) is 7.29. The van der Waals surface area contributed by atoms with Gasteiger partial charge in [0.1, 0.15) is 5.75 Å². The molecule has 0 aliphatic carbocycles. The van der Waals surface area contributed by atoms with Crippen LogP contribution in [0.5, 0.6) is 5.75 Å². The smallest absolute Gasteiger partial charge is 0.333 e. The normalized spacial score (nSPS) is 14.4. The van der Waals surface area contributed by atoms with Crippen molar-refractivity contribution in [1.82, 2.24) is 14.5 Å². The molecule has 0 unspecified atom stereocenters. The molecule has 2 aliphatic heterocycles. The lowest BCUT2D eigenvalue weighted by atomic mass is 9.89. The van der Waals surface area contributed by atoms with E-state index in [0.717, 1.165) is 16.7 Å². The molecule has 0 N–H and O–H groups in total. The maximum absolute atomic E-state index is 13.1. The fourth-order valence-corrected chi connectivity index (χ4v) is 4.55. The van der Waals surface area contributed by atoms with E-state index in [1.54, 1.807) is 6.20 Å². The molecule has 166 valence electrons. The van der Waals surface area contributed by atoms with Crippen LogP contribution in [0.2, 0.25) is 0 Å². The lowest BCUT2D eigenvalue weighted by Crippen LogP contribution is -2.44. The van der Waals surface area contributed by atoms with Crippen molar-refractivity contribution in [2.75, 3.05) is 11.6 Å². The number of hydrogen-bond donors (Lipinski definition) is 0. The quantitative estimate of drug-likeness (QED) is 0.578. The SMILES string of the molecule is CC(=O)c1cn2c(cc1=O)-c1c(cc(-c3cnn(C(F)F)c3)c3c1CCO3)CN2C(C)C. The zero-order chi connectivity index (χ0) is 22.7. The summed E-state index contributed by atoms with van der Waals surface area (Å²) < 4.78 is 34.6. The molecule has 5 rings (SSSR count). The summed E-state index contributed by atoms with van der Waals surface area (Å²) in [5.74, 6) is 0.352. The molecule has 0 atom stereocenters. The first-order chi connectivity index (χ1) is 15.3. The van der Waals surface area contributed by atoms with Crippen LogP contribution in [0.3, 0.4) is 0 Å². The molecule has 2 aromatic heterocycles. The van der Waals surface area contributed by atoms with Gasteiger partial charge in [-0.15, -0.1) is 0 Å². The van der Waals surface area contributed by atoms with Crippen LogP contribution in [0.15, 0.2) is 35.5 Å². The molecule has 9 heteroatoms. The Hall–Kier alpha value is -3.49. The largest absolute Gasteiger partial charge is 0.492 e. The number of ether oxygens (including phenoxy) is 1. The number of carbonyl (C=O) groups excluding carboxylic acids is 1. The van der Waals surface area contributed by atoms with Gasteiger partial charge in [0.15, 0.2) is 11.2 Å². The second-order valence-corrected chi connectivity index (χ2v) is 8.38. The van der Waals surface area contributed by atoms with Crippen molar-refractivity contribution in [3.63, 3.8) is 0 Å². The molecule has 0 spiro atoms. The summed E-state index contributed by atoms with van der Waals surface area (Å²) in [6.07, 6.45) is 4.98. The van der Waals surface area contributed by atoms with Crippen LogP contribution in [0.4, 0.5) is 8.78 Å². The molecule has 0 saturated carbocycles. The number of halogens is 2. The van der Waals surface area contributed by atoms with Crippen LogP contribution in [0.1, 0.15) is 48.8 Å². The van der Waals surface area contributed by atoms with Gasteiger partial charge in [-0.3, -0.25) is 14.3 Å². The Bertz CT molecular complexity index is 1310. The highest BCUT2D eigenvalue weighted by Crippen LogP contribution is 2.46. The van der Waals surface area contributed by atoms with E-state index in [-0.39, 0.29) is 22.8 Å². The third-order valence-corrected chi connectivity index (χ3v) is 6.04. The van der Waals surface area contributed by atoms with Gasteiger partial charge in [0.05, 0.1) is 30.6 Å². The molecule has 1 aromatic carbocycles. The number of alkyl halides is 2. The van der Waals surface area contributed by atoms with Gasteiger partial charge in [0.25, 0.3) is 0 Å². The fourth-order valence-electron chi connectivity index (χ4n) is 4.55. The highest BCUT2D eigenvalue weighted by molar-refractivity contribution is 5.94. The van der Waals surface area contributed by atoms with Crippen molar-refractivity contribution in [2.24, 2.45) is 0 Å². The summed E-state index contributed by atoms with van der Waals surface area (Å²) >= 11 is 0. The van der Waals surface area contributed by atoms with E-state index in [9.17, 15) is 18.4 Å². The minimum Gasteiger partial charge on any atom is -0.492 e. The van der Waals surface area contributed by atoms with Crippen molar-refractivity contribution in [2.45, 2.75) is 46.3 Å². The Kier molecular flexibility index (Phi) is 4.65. The molecular weight excluding hydrogens is 418 g/mol. The maximum atomic E-state index is 13.1. The summed E-state index contributed by atoms with van der Waals surface area (Å²) in [7, 11) is 0. The lowest BCUT2D eigenvalue weighted by Gasteiger charge is -2.39. The van der Waals surface area contributed by atoms with Gasteiger partial charge in [-0.25, -0.2) is 4.68 Å². The molecule has 2 aliphatic rings. The third-order valence-electron chi connectivity index (χ3n) is 6.04. The predicted molar refractivity (Wildman–Crippen MR) is 115 cm³/mol. The molecule has 3 aromatic rings. The average Bonchev–Trinajstić information content (AvgIpc) is 3.41. The number of ketones is 1. The molecule has 7 nitrogen and oxygen atoms in total. The van der Waals surface area contributed by atoms with Gasteiger partial charge in [-0.05, 0) is 32.4 Å². The van der Waals surface area contributed by atoms with E-state index in [1.165, 1.54) is 25.4 Å². The molecule has 0 amide bonds. The van der Waals surface area contributed by atoms with E-state index in [0.29, 0.717) is 46.8 Å². The minimum atomic E-state index is -2.72. The Morgan fingerprint density at radius 1 is 1.22 bits per heavy atom. The Morgan fingerprint density at radius 2 is 2.00 bits per heavy atom. The van der Waals surface area contributed by atoms with E-state index >= 15 is 0 Å². The second-order valence-electron chi connectivity index (χ2n) is 8.38. The van der Waals surface area contributed by atoms with Gasteiger partial charge in [0.2, 0.25) is 0 Å². The zero-order valence-electron chi connectivity index (χ0n) is 17.9. The zero-order valence-corrected chi connectivity index (χ0v) is 17.9. The number of nitrogens with zero attached hydrogens (tertiary/aromatic N) is 4. The number of Topliss-reactive ketones (excluding diaryl/α,β-unsaturated/α-hetero) is 1. The number of pyridine rings is 1. The van der Waals surface area contributed by atoms with E-state index in [1.807, 2.05) is 24.6 Å². The third kappa shape index (κ3) is 3.03. The van der Waals surface area contributed by atoms with Gasteiger partial charge in [-0.1, -0.05) is 0 Å². The minimum absolute atomic E-state index is 0.0822. The Balaban J connectivity index is 1.77. The van der Waals surface area contributed by atoms with E-state index < -0.39 is 6.55 Å². The predicted octanol–water partition coefficient (Wildman–Crippen LogP) is 3.77. The van der Waals surface area contributed by atoms with Crippen molar-refractivity contribution >= 4 is 5.78 Å². The fraction of sp³-hybridized carbons (Fsp3) is 0.348. The van der Waals surface area contributed by atoms with Crippen LogP contribution in [0.25, 0.3) is 22.4 Å². The number of hydrogen-bond acceptors (Lipinski definition) is 5. The first-order valence-corrected chi connectivity index (χ1v) is 10.5. The number of fused-ring (bicyclic) bond motifs is 5. The summed E-state index contributed by atoms with van der Waals surface area (Å²) in [6, 6.07) is 3.53. The van der Waals surface area contributed by atoms with Crippen LogP contribution in [-0.2, 0) is 13.0 Å². The highest BCUT2D eigenvalue weighted by Gasteiger charge is 2.32. The van der Waals surface area contributed by atoms with Crippen LogP contribution in [0, 0.1) is 0 Å². The molecule has 0 radical (unpaired) electrons. The molecular formula is C23H22F2N4O3. The number of rotatable bonds is 4. The summed E-state index contributed by atoms with van der Waals surface area (Å²) in [4.78, 5) is 24.7. The number of carbonyl (C=O) groups is 1. The highest BCUT2D eigenvalue weighted by atomic mass is 19.3. The monoisotopic (exact) mass is 440 g/mol. The summed E-state index contributed by atoms with van der Waals surface area (Å²) in [5.41, 5.74) is 4.60. The van der Waals surface area contributed by atoms with Gasteiger partial charge in [0, 0.05) is 53.2 Å². The number of benzene rings is 1. The molecule has 0 fully saturated rings. The number of aromatic nitrogens is 3. The van der Waals surface area contributed by atoms with Gasteiger partial charge < -0.3 is 9.75 Å². The Labute approximate surface area is 182 Å². The standard InChI is InChI=1S/C23H22F2N4O3/c1-12(2)28-10-14-6-17(15-8-26-27(9-15)23(24)25)22-16(4-5-32-22)21(14)19-7-20(31)18(13(3)30)11-29(19)28/h6-9,11-12,23H,4-5,10H2,1-3H3. The van der Waals surface area contributed by atoms with E-state index in [4.69, 9.17) is 4.74 Å². The maximum Gasteiger partial charge on any atom is 0.333 e. The van der Waals surface area contributed by atoms with Gasteiger partial charge in [-0.2, -0.15) is 13.9 Å².